The van der Waals surface area contributed by atoms with E-state index in [1.165, 1.54) is 0 Å². The summed E-state index contributed by atoms with van der Waals surface area (Å²) in [4.78, 5) is 0. The molecule has 0 atom stereocenters. The fourth-order valence-corrected chi connectivity index (χ4v) is 0. The van der Waals surface area contributed by atoms with E-state index >= 15 is 0 Å². The summed E-state index contributed by atoms with van der Waals surface area (Å²) in [6.07, 6.45) is 0. The van der Waals surface area contributed by atoms with Crippen LogP contribution in [-0.4, -0.2) is 27.3 Å². The molecule has 0 aliphatic rings. The normalized spacial score (nSPS) is 0. The van der Waals surface area contributed by atoms with E-state index in [1.807, 2.05) is 0 Å². The van der Waals surface area contributed by atoms with Gasteiger partial charge in [0, 0.05) is 27.3 Å². The van der Waals surface area contributed by atoms with Crippen LogP contribution in [0.4, 0.5) is 0 Å². The Morgan fingerprint density at radius 1 is 1.00 bits per heavy atom. The summed E-state index contributed by atoms with van der Waals surface area (Å²) in [5.41, 5.74) is 0. The molecule has 0 rings (SSSR count). The van der Waals surface area contributed by atoms with Gasteiger partial charge in [-0.15, -0.1) is 0 Å². The van der Waals surface area contributed by atoms with Gasteiger partial charge in [-0.2, -0.15) is 0 Å². The fraction of sp³-hybridized carbons (Fsp3) is 0. The van der Waals surface area contributed by atoms with Crippen molar-refractivity contribution in [1.82, 2.24) is 0 Å². The SMILES string of the molecule is [Cr+2].[Hg+2].[Na+].[Pb]. The summed E-state index contributed by atoms with van der Waals surface area (Å²) >= 11 is 0. The standard InChI is InChI=1S/Cr.Hg.Na.Pb/q2*+2;+1;. The molecular weight excluding hydrogens is 483 g/mol. The summed E-state index contributed by atoms with van der Waals surface area (Å²) in [5, 5.41) is 0. The van der Waals surface area contributed by atoms with Crippen LogP contribution >= 0.6 is 0 Å². The van der Waals surface area contributed by atoms with Gasteiger partial charge in [-0.3, -0.25) is 0 Å². The van der Waals surface area contributed by atoms with Gasteiger partial charge < -0.3 is 0 Å². The zero-order chi connectivity index (χ0) is 0. The summed E-state index contributed by atoms with van der Waals surface area (Å²) in [6.45, 7) is 0. The third-order valence-corrected chi connectivity index (χ3v) is 0. The van der Waals surface area contributed by atoms with Gasteiger partial charge in [-0.1, -0.05) is 0 Å². The summed E-state index contributed by atoms with van der Waals surface area (Å²) < 4.78 is 0. The van der Waals surface area contributed by atoms with Crippen LogP contribution in [0.2, 0.25) is 0 Å². The van der Waals surface area contributed by atoms with Crippen LogP contribution in [-0.2, 0) is 45.0 Å². The van der Waals surface area contributed by atoms with Crippen molar-refractivity contribution in [1.29, 1.82) is 0 Å². The zero-order valence-corrected chi connectivity index (χ0v) is 15.3. The molecule has 0 bridgehead atoms. The molecule has 4 heteroatoms. The van der Waals surface area contributed by atoms with Crippen molar-refractivity contribution >= 4 is 27.3 Å². The molecule has 0 spiro atoms. The number of hydrogen-bond donors (Lipinski definition) is 0. The number of rotatable bonds is 0. The third-order valence-electron chi connectivity index (χ3n) is 0. The molecule has 0 nitrogen and oxygen atoms in total. The van der Waals surface area contributed by atoms with Crippen molar-refractivity contribution in [2.24, 2.45) is 0 Å². The van der Waals surface area contributed by atoms with E-state index in [9.17, 15) is 0 Å². The average molecular weight is 483 g/mol. The Bertz CT molecular complexity index is 8.00. The van der Waals surface area contributed by atoms with E-state index in [2.05, 4.69) is 0 Å². The first-order chi connectivity index (χ1) is 0. The topological polar surface area (TPSA) is 0 Å². The first kappa shape index (κ1) is 26.3. The maximum atomic E-state index is 0. The molecular formula is CrHgNaPb+5. The smallest absolute Gasteiger partial charge is 0 e. The molecule has 0 aromatic heterocycles. The Labute approximate surface area is 99.6 Å². The minimum absolute atomic E-state index is 0. The molecule has 0 N–H and O–H groups in total. The first-order valence-electron chi connectivity index (χ1n) is 0. The quantitative estimate of drug-likeness (QED) is 0.316. The molecule has 0 saturated carbocycles. The Morgan fingerprint density at radius 2 is 1.00 bits per heavy atom. The first-order valence-corrected chi connectivity index (χ1v) is 0. The third kappa shape index (κ3) is 9.04. The maximum Gasteiger partial charge on any atom is 2.00 e. The van der Waals surface area contributed by atoms with Crippen molar-refractivity contribution in [3.8, 4) is 0 Å². The monoisotopic (exact) mass is 485 g/mol. The van der Waals surface area contributed by atoms with Crippen LogP contribution in [0.3, 0.4) is 0 Å². The fourth-order valence-electron chi connectivity index (χ4n) is 0. The van der Waals surface area contributed by atoms with Crippen LogP contribution in [0.1, 0.15) is 0 Å². The second-order valence-corrected chi connectivity index (χ2v) is 0. The van der Waals surface area contributed by atoms with Gasteiger partial charge in [0.05, 0.1) is 0 Å². The van der Waals surface area contributed by atoms with Crippen molar-refractivity contribution in [3.63, 3.8) is 0 Å². The molecule has 8 valence electrons. The minimum Gasteiger partial charge on any atom is 0 e. The van der Waals surface area contributed by atoms with E-state index < -0.39 is 0 Å². The van der Waals surface area contributed by atoms with E-state index in [0.717, 1.165) is 0 Å². The van der Waals surface area contributed by atoms with E-state index in [-0.39, 0.29) is 102 Å². The molecule has 0 heterocycles. The summed E-state index contributed by atoms with van der Waals surface area (Å²) in [7, 11) is 0. The van der Waals surface area contributed by atoms with E-state index in [4.69, 9.17) is 0 Å². The van der Waals surface area contributed by atoms with Crippen LogP contribution in [0, 0.1) is 0 Å². The zero-order valence-electron chi connectivity index (χ0n) is 2.62. The summed E-state index contributed by atoms with van der Waals surface area (Å²) in [6, 6.07) is 0. The Kier molecular flexibility index (Phi) is 106. The van der Waals surface area contributed by atoms with Crippen molar-refractivity contribution in [2.45, 2.75) is 0 Å². The second kappa shape index (κ2) is 16.2. The van der Waals surface area contributed by atoms with Gasteiger partial charge in [0.2, 0.25) is 0 Å². The average Bonchev–Trinajstić information content (AvgIpc) is 0. The molecule has 0 aliphatic carbocycles. The van der Waals surface area contributed by atoms with Gasteiger partial charge >= 0.3 is 74.6 Å². The molecule has 0 saturated heterocycles. The molecule has 0 unspecified atom stereocenters. The minimum atomic E-state index is 0. The van der Waals surface area contributed by atoms with Crippen LogP contribution in [0.25, 0.3) is 0 Å². The molecule has 0 aromatic carbocycles. The molecule has 0 fully saturated rings. The van der Waals surface area contributed by atoms with Gasteiger partial charge in [-0.25, -0.2) is 0 Å². The number of hydrogen-bond acceptors (Lipinski definition) is 0. The van der Waals surface area contributed by atoms with E-state index in [1.54, 1.807) is 0 Å². The molecule has 0 aliphatic heterocycles. The van der Waals surface area contributed by atoms with E-state index in [0.29, 0.717) is 0 Å². The van der Waals surface area contributed by atoms with Crippen molar-refractivity contribution in [2.75, 3.05) is 0 Å². The maximum absolute atomic E-state index is 0. The van der Waals surface area contributed by atoms with Crippen molar-refractivity contribution in [3.05, 3.63) is 0 Å². The Hall–Kier alpha value is 3.39. The van der Waals surface area contributed by atoms with Crippen LogP contribution in [0.5, 0.6) is 0 Å². The van der Waals surface area contributed by atoms with Crippen molar-refractivity contribution < 1.29 is 74.6 Å². The van der Waals surface area contributed by atoms with Gasteiger partial charge in [0.1, 0.15) is 0 Å². The molecule has 4 radical (unpaired) electrons. The van der Waals surface area contributed by atoms with Gasteiger partial charge in [0.15, 0.2) is 0 Å². The predicted octanol–water partition coefficient (Wildman–Crippen LogP) is -3.38. The Morgan fingerprint density at radius 3 is 1.00 bits per heavy atom. The molecule has 0 amide bonds. The van der Waals surface area contributed by atoms with Crippen LogP contribution < -0.4 is 29.6 Å². The summed E-state index contributed by atoms with van der Waals surface area (Å²) in [5.74, 6) is 0. The Balaban J connectivity index is 0. The molecule has 0 aromatic rings. The van der Waals surface area contributed by atoms with Crippen LogP contribution in [0.15, 0.2) is 0 Å². The molecule has 4 heavy (non-hydrogen) atoms. The van der Waals surface area contributed by atoms with Gasteiger partial charge in [-0.05, 0) is 0 Å². The predicted molar refractivity (Wildman–Crippen MR) is 5.75 cm³/mol. The van der Waals surface area contributed by atoms with Gasteiger partial charge in [0.25, 0.3) is 0 Å². The largest absolute Gasteiger partial charge is 2.00 e. The second-order valence-electron chi connectivity index (χ2n) is 0.